The Morgan fingerprint density at radius 3 is 2.83 bits per heavy atom. The van der Waals surface area contributed by atoms with Gasteiger partial charge >= 0.3 is 0 Å². The number of amides is 1. The molecule has 1 aromatic heterocycles. The number of carbonyl (C=O) groups excluding carboxylic acids is 1. The zero-order chi connectivity index (χ0) is 17.1. The number of hydrogen-bond acceptors (Lipinski definition) is 2. The SMILES string of the molecule is Cc1ccc2c(cnn2CCC(=O)N(C)Cc2ccccc2F)c1. The van der Waals surface area contributed by atoms with Gasteiger partial charge in [0.25, 0.3) is 0 Å². The van der Waals surface area contributed by atoms with Crippen LogP contribution in [-0.2, 0) is 17.9 Å². The standard InChI is InChI=1S/C19H20FN3O/c1-14-7-8-18-16(11-14)12-21-23(18)10-9-19(24)22(2)13-15-5-3-4-6-17(15)20/h3-8,11-12H,9-10,13H2,1-2H3. The maximum atomic E-state index is 13.7. The van der Waals surface area contributed by atoms with E-state index in [-0.39, 0.29) is 18.3 Å². The molecule has 1 amide bonds. The van der Waals surface area contributed by atoms with Crippen LogP contribution in [0.3, 0.4) is 0 Å². The summed E-state index contributed by atoms with van der Waals surface area (Å²) in [7, 11) is 1.69. The third kappa shape index (κ3) is 3.45. The van der Waals surface area contributed by atoms with Gasteiger partial charge in [-0.25, -0.2) is 4.39 Å². The van der Waals surface area contributed by atoms with Gasteiger partial charge in [0, 0.05) is 31.0 Å². The smallest absolute Gasteiger partial charge is 0.224 e. The summed E-state index contributed by atoms with van der Waals surface area (Å²) in [6.07, 6.45) is 2.14. The lowest BCUT2D eigenvalue weighted by molar-refractivity contribution is -0.130. The molecular formula is C19H20FN3O. The van der Waals surface area contributed by atoms with Gasteiger partial charge in [0.05, 0.1) is 18.3 Å². The van der Waals surface area contributed by atoms with Crippen molar-refractivity contribution >= 4 is 16.8 Å². The molecule has 3 aromatic rings. The van der Waals surface area contributed by atoms with Gasteiger partial charge in [-0.2, -0.15) is 5.10 Å². The van der Waals surface area contributed by atoms with Gasteiger partial charge in [0.1, 0.15) is 5.82 Å². The number of halogens is 1. The number of aryl methyl sites for hydroxylation is 2. The quantitative estimate of drug-likeness (QED) is 0.720. The van der Waals surface area contributed by atoms with Crippen LogP contribution in [0.4, 0.5) is 4.39 Å². The Balaban J connectivity index is 1.63. The van der Waals surface area contributed by atoms with Crippen LogP contribution in [0.15, 0.2) is 48.7 Å². The molecule has 0 radical (unpaired) electrons. The van der Waals surface area contributed by atoms with Crippen LogP contribution in [0, 0.1) is 12.7 Å². The minimum atomic E-state index is -0.286. The Kier molecular flexibility index (Phi) is 4.60. The molecular weight excluding hydrogens is 305 g/mol. The molecule has 4 nitrogen and oxygen atoms in total. The average molecular weight is 325 g/mol. The van der Waals surface area contributed by atoms with Crippen LogP contribution >= 0.6 is 0 Å². The average Bonchev–Trinajstić information content (AvgIpc) is 2.96. The van der Waals surface area contributed by atoms with E-state index < -0.39 is 0 Å². The highest BCUT2D eigenvalue weighted by atomic mass is 19.1. The van der Waals surface area contributed by atoms with Gasteiger partial charge in [0.2, 0.25) is 5.91 Å². The highest BCUT2D eigenvalue weighted by Gasteiger charge is 2.12. The van der Waals surface area contributed by atoms with E-state index in [0.717, 1.165) is 10.9 Å². The molecule has 0 bridgehead atoms. The third-order valence-electron chi connectivity index (χ3n) is 4.13. The molecule has 1 heterocycles. The van der Waals surface area contributed by atoms with E-state index in [1.165, 1.54) is 11.6 Å². The molecule has 24 heavy (non-hydrogen) atoms. The maximum absolute atomic E-state index is 13.7. The Morgan fingerprint density at radius 1 is 1.25 bits per heavy atom. The normalized spacial score (nSPS) is 11.0. The van der Waals surface area contributed by atoms with Crippen molar-refractivity contribution in [2.45, 2.75) is 26.4 Å². The van der Waals surface area contributed by atoms with Crippen LogP contribution < -0.4 is 0 Å². The van der Waals surface area contributed by atoms with Crippen molar-refractivity contribution in [3.63, 3.8) is 0 Å². The Morgan fingerprint density at radius 2 is 2.04 bits per heavy atom. The number of benzene rings is 2. The van der Waals surface area contributed by atoms with Crippen LogP contribution in [0.2, 0.25) is 0 Å². The predicted octanol–water partition coefficient (Wildman–Crippen LogP) is 3.53. The lowest BCUT2D eigenvalue weighted by Crippen LogP contribution is -2.27. The van der Waals surface area contributed by atoms with Gasteiger partial charge in [-0.05, 0) is 25.1 Å². The Hall–Kier alpha value is -2.69. The molecule has 0 aliphatic carbocycles. The van der Waals surface area contributed by atoms with Crippen LogP contribution in [0.25, 0.3) is 10.9 Å². The number of nitrogens with zero attached hydrogens (tertiary/aromatic N) is 3. The number of aromatic nitrogens is 2. The lowest BCUT2D eigenvalue weighted by atomic mass is 10.2. The van der Waals surface area contributed by atoms with Crippen molar-refractivity contribution in [1.82, 2.24) is 14.7 Å². The molecule has 5 heteroatoms. The van der Waals surface area contributed by atoms with E-state index in [1.54, 1.807) is 30.1 Å². The summed E-state index contributed by atoms with van der Waals surface area (Å²) < 4.78 is 15.5. The van der Waals surface area contributed by atoms with Gasteiger partial charge in [-0.15, -0.1) is 0 Å². The second-order valence-corrected chi connectivity index (χ2v) is 6.02. The second kappa shape index (κ2) is 6.83. The van der Waals surface area contributed by atoms with Crippen LogP contribution in [-0.4, -0.2) is 27.6 Å². The van der Waals surface area contributed by atoms with E-state index in [2.05, 4.69) is 11.2 Å². The highest BCUT2D eigenvalue weighted by molar-refractivity contribution is 5.80. The fraction of sp³-hybridized carbons (Fsp3) is 0.263. The summed E-state index contributed by atoms with van der Waals surface area (Å²) in [6, 6.07) is 12.6. The molecule has 0 aliphatic heterocycles. The predicted molar refractivity (Wildman–Crippen MR) is 92.0 cm³/mol. The molecule has 0 fully saturated rings. The first-order chi connectivity index (χ1) is 11.5. The highest BCUT2D eigenvalue weighted by Crippen LogP contribution is 2.16. The fourth-order valence-corrected chi connectivity index (χ4v) is 2.75. The minimum Gasteiger partial charge on any atom is -0.341 e. The topological polar surface area (TPSA) is 38.1 Å². The van der Waals surface area contributed by atoms with Crippen molar-refractivity contribution in [3.8, 4) is 0 Å². The Bertz CT molecular complexity index is 872. The van der Waals surface area contributed by atoms with Crippen LogP contribution in [0.1, 0.15) is 17.5 Å². The van der Waals surface area contributed by atoms with Gasteiger partial charge in [0.15, 0.2) is 0 Å². The molecule has 0 unspecified atom stereocenters. The molecule has 0 atom stereocenters. The number of rotatable bonds is 5. The van der Waals surface area contributed by atoms with Crippen LogP contribution in [0.5, 0.6) is 0 Å². The molecule has 2 aromatic carbocycles. The molecule has 0 saturated carbocycles. The Labute approximate surface area is 140 Å². The lowest BCUT2D eigenvalue weighted by Gasteiger charge is -2.17. The number of fused-ring (bicyclic) bond motifs is 1. The first-order valence-electron chi connectivity index (χ1n) is 7.94. The minimum absolute atomic E-state index is 0.0333. The van der Waals surface area contributed by atoms with Crippen molar-refractivity contribution in [2.24, 2.45) is 0 Å². The van der Waals surface area contributed by atoms with E-state index >= 15 is 0 Å². The molecule has 0 saturated heterocycles. The van der Waals surface area contributed by atoms with Gasteiger partial charge in [-0.3, -0.25) is 9.48 Å². The van der Waals surface area contributed by atoms with Crippen molar-refractivity contribution in [2.75, 3.05) is 7.05 Å². The first kappa shape index (κ1) is 16.2. The summed E-state index contributed by atoms with van der Waals surface area (Å²) in [6.45, 7) is 2.82. The largest absolute Gasteiger partial charge is 0.341 e. The summed E-state index contributed by atoms with van der Waals surface area (Å²) >= 11 is 0. The third-order valence-corrected chi connectivity index (χ3v) is 4.13. The van der Waals surface area contributed by atoms with E-state index in [1.807, 2.05) is 29.9 Å². The maximum Gasteiger partial charge on any atom is 0.224 e. The fourth-order valence-electron chi connectivity index (χ4n) is 2.75. The van der Waals surface area contributed by atoms with Crippen molar-refractivity contribution in [3.05, 3.63) is 65.6 Å². The number of carbonyl (C=O) groups is 1. The van der Waals surface area contributed by atoms with E-state index in [0.29, 0.717) is 18.5 Å². The van der Waals surface area contributed by atoms with Crippen molar-refractivity contribution in [1.29, 1.82) is 0 Å². The van der Waals surface area contributed by atoms with E-state index in [4.69, 9.17) is 0 Å². The van der Waals surface area contributed by atoms with Gasteiger partial charge in [-0.1, -0.05) is 29.8 Å². The molecule has 0 aliphatic rings. The monoisotopic (exact) mass is 325 g/mol. The zero-order valence-corrected chi connectivity index (χ0v) is 13.9. The van der Waals surface area contributed by atoms with E-state index in [9.17, 15) is 9.18 Å². The van der Waals surface area contributed by atoms with Gasteiger partial charge < -0.3 is 4.90 Å². The van der Waals surface area contributed by atoms with Crippen molar-refractivity contribution < 1.29 is 9.18 Å². The number of hydrogen-bond donors (Lipinski definition) is 0. The zero-order valence-electron chi connectivity index (χ0n) is 13.9. The first-order valence-corrected chi connectivity index (χ1v) is 7.94. The summed E-state index contributed by atoms with van der Waals surface area (Å²) in [4.78, 5) is 13.9. The summed E-state index contributed by atoms with van der Waals surface area (Å²) in [5.74, 6) is -0.320. The molecule has 0 spiro atoms. The molecule has 0 N–H and O–H groups in total. The molecule has 3 rings (SSSR count). The second-order valence-electron chi connectivity index (χ2n) is 6.02. The summed E-state index contributed by atoms with van der Waals surface area (Å²) in [5, 5.41) is 5.42. The summed E-state index contributed by atoms with van der Waals surface area (Å²) in [5.41, 5.74) is 2.72. The molecule has 124 valence electrons.